The summed E-state index contributed by atoms with van der Waals surface area (Å²) in [5.74, 6) is -0.105. The molecule has 0 fully saturated rings. The van der Waals surface area contributed by atoms with Crippen LogP contribution in [0.4, 0.5) is 5.95 Å². The van der Waals surface area contributed by atoms with Crippen LogP contribution in [0.1, 0.15) is 24.4 Å². The Morgan fingerprint density at radius 2 is 2.00 bits per heavy atom. The molecular weight excluding hydrogens is 388 g/mol. The molecule has 1 amide bonds. The molecule has 0 saturated heterocycles. The molecule has 2 N–H and O–H groups in total. The Morgan fingerprint density at radius 3 is 2.68 bits per heavy atom. The number of aromatic nitrogens is 2. The second-order valence-electron chi connectivity index (χ2n) is 5.20. The van der Waals surface area contributed by atoms with Crippen LogP contribution in [0.5, 0.6) is 0 Å². The lowest BCUT2D eigenvalue weighted by Gasteiger charge is -2.18. The maximum absolute atomic E-state index is 12.2. The van der Waals surface area contributed by atoms with Gasteiger partial charge in [0.2, 0.25) is 11.9 Å². The number of benzene rings is 1. The highest BCUT2D eigenvalue weighted by atomic mass is 79.9. The molecule has 2 aromatic rings. The summed E-state index contributed by atoms with van der Waals surface area (Å²) in [6, 6.07) is 8.71. The van der Waals surface area contributed by atoms with E-state index in [2.05, 4.69) is 36.5 Å². The van der Waals surface area contributed by atoms with Gasteiger partial charge in [-0.05, 0) is 23.8 Å². The third kappa shape index (κ3) is 6.50. The van der Waals surface area contributed by atoms with Crippen molar-refractivity contribution in [1.82, 2.24) is 15.3 Å². The summed E-state index contributed by atoms with van der Waals surface area (Å²) in [5, 5.41) is 5.84. The molecule has 25 heavy (non-hydrogen) atoms. The number of rotatable bonds is 8. The molecule has 132 valence electrons. The summed E-state index contributed by atoms with van der Waals surface area (Å²) in [4.78, 5) is 31.9. The first-order valence-corrected chi connectivity index (χ1v) is 8.50. The van der Waals surface area contributed by atoms with Gasteiger partial charge in [0, 0.05) is 29.8 Å². The van der Waals surface area contributed by atoms with Crippen LogP contribution in [0.3, 0.4) is 0 Å². The lowest BCUT2D eigenvalue weighted by molar-refractivity contribution is -0.141. The van der Waals surface area contributed by atoms with Gasteiger partial charge in [-0.1, -0.05) is 28.1 Å². The van der Waals surface area contributed by atoms with Crippen LogP contribution in [-0.2, 0) is 14.3 Å². The van der Waals surface area contributed by atoms with Gasteiger partial charge in [0.05, 0.1) is 19.6 Å². The van der Waals surface area contributed by atoms with E-state index >= 15 is 0 Å². The third-order valence-electron chi connectivity index (χ3n) is 3.39. The molecule has 0 saturated carbocycles. The number of halogens is 1. The maximum Gasteiger partial charge on any atom is 0.307 e. The van der Waals surface area contributed by atoms with Gasteiger partial charge in [-0.25, -0.2) is 9.97 Å². The number of nitrogens with zero attached hydrogens (tertiary/aromatic N) is 2. The maximum atomic E-state index is 12.2. The largest absolute Gasteiger partial charge is 0.469 e. The van der Waals surface area contributed by atoms with E-state index in [0.717, 1.165) is 10.0 Å². The summed E-state index contributed by atoms with van der Waals surface area (Å²) in [6.07, 6.45) is 3.53. The fourth-order valence-corrected chi connectivity index (χ4v) is 2.59. The topological polar surface area (TPSA) is 93.2 Å². The lowest BCUT2D eigenvalue weighted by atomic mass is 10.0. The Labute approximate surface area is 154 Å². The summed E-state index contributed by atoms with van der Waals surface area (Å²) >= 11 is 3.40. The van der Waals surface area contributed by atoms with Gasteiger partial charge in [0.15, 0.2) is 0 Å². The molecule has 1 aromatic carbocycles. The number of hydrogen-bond donors (Lipinski definition) is 2. The number of anilines is 1. The van der Waals surface area contributed by atoms with Crippen LogP contribution in [0.2, 0.25) is 0 Å². The van der Waals surface area contributed by atoms with Crippen molar-refractivity contribution in [2.75, 3.05) is 19.0 Å². The molecule has 1 atom stereocenters. The Hall–Kier alpha value is -2.48. The van der Waals surface area contributed by atoms with Gasteiger partial charge < -0.3 is 15.4 Å². The van der Waals surface area contributed by atoms with E-state index in [-0.39, 0.29) is 24.7 Å². The lowest BCUT2D eigenvalue weighted by Crippen LogP contribution is -2.31. The standard InChI is InChI=1S/C17H19BrN4O3/c1-25-16(24)11-14(12-4-2-5-13(18)10-12)22-15(23)6-9-21-17-19-7-3-8-20-17/h2-5,7-8,10,14H,6,9,11H2,1H3,(H,22,23)(H,19,20,21). The van der Waals surface area contributed by atoms with Crippen LogP contribution in [0.15, 0.2) is 47.2 Å². The molecule has 0 radical (unpaired) electrons. The van der Waals surface area contributed by atoms with Crippen molar-refractivity contribution >= 4 is 33.8 Å². The van der Waals surface area contributed by atoms with Crippen molar-refractivity contribution in [3.05, 3.63) is 52.8 Å². The smallest absolute Gasteiger partial charge is 0.307 e. The van der Waals surface area contributed by atoms with Crippen molar-refractivity contribution in [3.8, 4) is 0 Å². The zero-order valence-electron chi connectivity index (χ0n) is 13.7. The average molecular weight is 407 g/mol. The van der Waals surface area contributed by atoms with Crippen LogP contribution < -0.4 is 10.6 Å². The van der Waals surface area contributed by atoms with Crippen molar-refractivity contribution in [1.29, 1.82) is 0 Å². The molecular formula is C17H19BrN4O3. The van der Waals surface area contributed by atoms with Gasteiger partial charge in [-0.15, -0.1) is 0 Å². The number of ether oxygens (including phenoxy) is 1. The van der Waals surface area contributed by atoms with Crippen LogP contribution >= 0.6 is 15.9 Å². The van der Waals surface area contributed by atoms with E-state index < -0.39 is 6.04 Å². The molecule has 1 aromatic heterocycles. The molecule has 1 unspecified atom stereocenters. The average Bonchev–Trinajstić information content (AvgIpc) is 2.62. The second-order valence-corrected chi connectivity index (χ2v) is 6.12. The Bertz CT molecular complexity index is 712. The minimum absolute atomic E-state index is 0.0634. The summed E-state index contributed by atoms with van der Waals surface area (Å²) in [6.45, 7) is 0.388. The molecule has 0 aliphatic carbocycles. The number of methoxy groups -OCH3 is 1. The molecule has 2 rings (SSSR count). The molecule has 0 aliphatic heterocycles. The normalized spacial score (nSPS) is 11.4. The van der Waals surface area contributed by atoms with Gasteiger partial charge in [-0.3, -0.25) is 9.59 Å². The molecule has 8 heteroatoms. The van der Waals surface area contributed by atoms with E-state index in [4.69, 9.17) is 4.74 Å². The number of esters is 1. The summed E-state index contributed by atoms with van der Waals surface area (Å²) in [5.41, 5.74) is 0.826. The van der Waals surface area contributed by atoms with E-state index in [0.29, 0.717) is 12.5 Å². The van der Waals surface area contributed by atoms with Gasteiger partial charge in [0.25, 0.3) is 0 Å². The molecule has 0 aliphatic rings. The minimum Gasteiger partial charge on any atom is -0.469 e. The predicted molar refractivity (Wildman–Crippen MR) is 96.8 cm³/mol. The first-order chi connectivity index (χ1) is 12.1. The molecule has 0 bridgehead atoms. The van der Waals surface area contributed by atoms with Gasteiger partial charge in [0.1, 0.15) is 0 Å². The summed E-state index contributed by atoms with van der Waals surface area (Å²) in [7, 11) is 1.33. The highest BCUT2D eigenvalue weighted by molar-refractivity contribution is 9.10. The zero-order valence-corrected chi connectivity index (χ0v) is 15.3. The second kappa shape index (κ2) is 9.73. The highest BCUT2D eigenvalue weighted by Gasteiger charge is 2.19. The number of nitrogens with one attached hydrogen (secondary N) is 2. The van der Waals surface area contributed by atoms with Gasteiger partial charge >= 0.3 is 5.97 Å². The number of hydrogen-bond acceptors (Lipinski definition) is 6. The van der Waals surface area contributed by atoms with Gasteiger partial charge in [-0.2, -0.15) is 0 Å². The zero-order chi connectivity index (χ0) is 18.1. The summed E-state index contributed by atoms with van der Waals surface area (Å²) < 4.78 is 5.59. The van der Waals surface area contributed by atoms with E-state index in [1.165, 1.54) is 7.11 Å². The van der Waals surface area contributed by atoms with Crippen LogP contribution in [0, 0.1) is 0 Å². The SMILES string of the molecule is COC(=O)CC(NC(=O)CCNc1ncccn1)c1cccc(Br)c1. The Kier molecular flexibility index (Phi) is 7.34. The van der Waals surface area contributed by atoms with Crippen molar-refractivity contribution in [2.45, 2.75) is 18.9 Å². The Balaban J connectivity index is 1.93. The van der Waals surface area contributed by atoms with Crippen molar-refractivity contribution in [3.63, 3.8) is 0 Å². The molecule has 0 spiro atoms. The van der Waals surface area contributed by atoms with Crippen LogP contribution in [0.25, 0.3) is 0 Å². The first-order valence-electron chi connectivity index (χ1n) is 7.71. The quantitative estimate of drug-likeness (QED) is 0.654. The highest BCUT2D eigenvalue weighted by Crippen LogP contribution is 2.21. The number of amides is 1. The fraction of sp³-hybridized carbons (Fsp3) is 0.294. The monoisotopic (exact) mass is 406 g/mol. The van der Waals surface area contributed by atoms with Crippen molar-refractivity contribution in [2.24, 2.45) is 0 Å². The van der Waals surface area contributed by atoms with Crippen LogP contribution in [-0.4, -0.2) is 35.5 Å². The van der Waals surface area contributed by atoms with Crippen molar-refractivity contribution < 1.29 is 14.3 Å². The predicted octanol–water partition coefficient (Wildman–Crippen LogP) is 2.46. The third-order valence-corrected chi connectivity index (χ3v) is 3.88. The van der Waals surface area contributed by atoms with E-state index in [1.54, 1.807) is 18.5 Å². The van der Waals surface area contributed by atoms with E-state index in [9.17, 15) is 9.59 Å². The first kappa shape index (κ1) is 18.9. The number of carbonyl (C=O) groups excluding carboxylic acids is 2. The van der Waals surface area contributed by atoms with E-state index in [1.807, 2.05) is 24.3 Å². The molecule has 7 nitrogen and oxygen atoms in total. The Morgan fingerprint density at radius 1 is 1.24 bits per heavy atom. The minimum atomic E-state index is -0.453. The fourth-order valence-electron chi connectivity index (χ4n) is 2.17. The number of carbonyl (C=O) groups is 2. The molecule has 1 heterocycles.